The summed E-state index contributed by atoms with van der Waals surface area (Å²) in [5.41, 5.74) is 2.99. The maximum atomic E-state index is 10.7. The lowest BCUT2D eigenvalue weighted by molar-refractivity contribution is -0.148. The molecular weight excluding hydrogens is 376 g/mol. The molecule has 0 amide bonds. The second kappa shape index (κ2) is 8.90. The number of phenols is 1. The fourth-order valence-corrected chi connectivity index (χ4v) is 6.82. The number of carbonyl (C=O) groups is 1. The molecule has 0 spiro atoms. The number of fused-ring (bicyclic) bond motifs is 5. The second-order valence-corrected chi connectivity index (χ2v) is 10.2. The normalized spacial score (nSPS) is 34.9. The van der Waals surface area contributed by atoms with Gasteiger partial charge < -0.3 is 14.9 Å². The minimum absolute atomic E-state index is 0.0492. The van der Waals surface area contributed by atoms with Crippen LogP contribution < -0.4 is 0 Å². The van der Waals surface area contributed by atoms with Crippen molar-refractivity contribution in [2.24, 2.45) is 17.3 Å². The summed E-state index contributed by atoms with van der Waals surface area (Å²) < 4.78 is 5.12. The van der Waals surface area contributed by atoms with E-state index in [9.17, 15) is 15.0 Å². The van der Waals surface area contributed by atoms with Gasteiger partial charge in [-0.3, -0.25) is 4.79 Å². The van der Waals surface area contributed by atoms with Crippen molar-refractivity contribution in [1.82, 2.24) is 0 Å². The van der Waals surface area contributed by atoms with E-state index in [0.29, 0.717) is 24.0 Å². The molecule has 5 atom stereocenters. The van der Waals surface area contributed by atoms with Gasteiger partial charge in [0.2, 0.25) is 0 Å². The van der Waals surface area contributed by atoms with Crippen molar-refractivity contribution < 1.29 is 19.7 Å². The number of hydrogen-bond donors (Lipinski definition) is 2. The SMILES string of the molecule is CCC(=O)OC1CCCC1.C[C@]12CC[C@@H]3c4ccc(O)cc4CC[C@H]3[C@@H]1CC[C@@H]2O. The van der Waals surface area contributed by atoms with Crippen molar-refractivity contribution >= 4 is 5.97 Å². The topological polar surface area (TPSA) is 66.8 Å². The molecule has 0 heterocycles. The molecule has 1 aromatic rings. The van der Waals surface area contributed by atoms with Crippen LogP contribution in [-0.4, -0.2) is 28.4 Å². The van der Waals surface area contributed by atoms with Crippen LogP contribution in [0.1, 0.15) is 95.1 Å². The summed E-state index contributed by atoms with van der Waals surface area (Å²) in [5, 5.41) is 20.0. The Morgan fingerprint density at radius 3 is 2.63 bits per heavy atom. The standard InChI is InChI=1S/C18H24O2.C8H14O2/c1-18-9-8-14-13-5-3-12(19)10-11(13)2-4-15(14)16(18)6-7-17(18)20;1-2-8(9)10-7-5-3-4-6-7/h3,5,10,14-17,19-20H,2,4,6-9H2,1H3;7H,2-6H2,1H3/t14-,15-,16+,17+,18+;/m1./s1. The molecule has 5 rings (SSSR count). The summed E-state index contributed by atoms with van der Waals surface area (Å²) in [5.74, 6) is 2.44. The quantitative estimate of drug-likeness (QED) is 0.628. The lowest BCUT2D eigenvalue weighted by atomic mass is 9.55. The van der Waals surface area contributed by atoms with E-state index in [1.54, 1.807) is 0 Å². The molecule has 4 nitrogen and oxygen atoms in total. The van der Waals surface area contributed by atoms with Crippen LogP contribution >= 0.6 is 0 Å². The molecule has 0 aromatic heterocycles. The molecule has 4 aliphatic rings. The molecular formula is C26H38O4. The lowest BCUT2D eigenvalue weighted by Crippen LogP contribution is -2.43. The molecule has 0 saturated heterocycles. The predicted molar refractivity (Wildman–Crippen MR) is 117 cm³/mol. The van der Waals surface area contributed by atoms with E-state index < -0.39 is 0 Å². The van der Waals surface area contributed by atoms with Gasteiger partial charge in [0, 0.05) is 6.42 Å². The Labute approximate surface area is 181 Å². The average Bonchev–Trinajstić information content (AvgIpc) is 3.35. The molecule has 4 heteroatoms. The number of carbonyl (C=O) groups excluding carboxylic acids is 1. The van der Waals surface area contributed by atoms with Gasteiger partial charge in [0.05, 0.1) is 6.10 Å². The summed E-state index contributed by atoms with van der Waals surface area (Å²) in [4.78, 5) is 10.7. The van der Waals surface area contributed by atoms with Gasteiger partial charge in [0.15, 0.2) is 0 Å². The van der Waals surface area contributed by atoms with Crippen LogP contribution in [-0.2, 0) is 16.0 Å². The molecule has 3 fully saturated rings. The van der Waals surface area contributed by atoms with Crippen LogP contribution in [0.25, 0.3) is 0 Å². The Morgan fingerprint density at radius 1 is 1.13 bits per heavy atom. The summed E-state index contributed by atoms with van der Waals surface area (Å²) >= 11 is 0. The first-order valence-corrected chi connectivity index (χ1v) is 12.1. The van der Waals surface area contributed by atoms with E-state index in [1.165, 1.54) is 43.2 Å². The number of aliphatic hydroxyl groups is 1. The number of ether oxygens (including phenoxy) is 1. The van der Waals surface area contributed by atoms with Crippen LogP contribution in [0.3, 0.4) is 0 Å². The lowest BCUT2D eigenvalue weighted by Gasteiger charge is -2.50. The van der Waals surface area contributed by atoms with Gasteiger partial charge in [0.25, 0.3) is 0 Å². The monoisotopic (exact) mass is 414 g/mol. The van der Waals surface area contributed by atoms with Gasteiger partial charge >= 0.3 is 5.97 Å². The third kappa shape index (κ3) is 4.12. The first-order chi connectivity index (χ1) is 14.4. The van der Waals surface area contributed by atoms with Crippen LogP contribution in [0.4, 0.5) is 0 Å². The summed E-state index contributed by atoms with van der Waals surface area (Å²) in [7, 11) is 0. The highest BCUT2D eigenvalue weighted by atomic mass is 16.5. The smallest absolute Gasteiger partial charge is 0.305 e. The van der Waals surface area contributed by atoms with Gasteiger partial charge in [-0.25, -0.2) is 0 Å². The number of aromatic hydroxyl groups is 1. The fraction of sp³-hybridized carbons (Fsp3) is 0.731. The Hall–Kier alpha value is -1.55. The van der Waals surface area contributed by atoms with Gasteiger partial charge in [-0.15, -0.1) is 0 Å². The zero-order valence-corrected chi connectivity index (χ0v) is 18.6. The van der Waals surface area contributed by atoms with Gasteiger partial charge in [0.1, 0.15) is 11.9 Å². The van der Waals surface area contributed by atoms with Crippen molar-refractivity contribution in [1.29, 1.82) is 0 Å². The number of aliphatic hydroxyl groups excluding tert-OH is 1. The van der Waals surface area contributed by atoms with E-state index in [-0.39, 0.29) is 23.6 Å². The molecule has 3 saturated carbocycles. The Balaban J connectivity index is 0.000000185. The van der Waals surface area contributed by atoms with Gasteiger partial charge in [-0.05, 0) is 111 Å². The molecule has 2 N–H and O–H groups in total. The van der Waals surface area contributed by atoms with E-state index in [2.05, 4.69) is 13.0 Å². The first-order valence-electron chi connectivity index (χ1n) is 12.1. The van der Waals surface area contributed by atoms with Crippen molar-refractivity contribution in [3.63, 3.8) is 0 Å². The predicted octanol–water partition coefficient (Wildman–Crippen LogP) is 5.49. The van der Waals surface area contributed by atoms with Crippen molar-refractivity contribution in [2.75, 3.05) is 0 Å². The number of phenolic OH excluding ortho intramolecular Hbond substituents is 1. The Bertz CT molecular complexity index is 753. The summed E-state index contributed by atoms with van der Waals surface area (Å²) in [6, 6.07) is 5.96. The largest absolute Gasteiger partial charge is 0.508 e. The number of esters is 1. The van der Waals surface area contributed by atoms with Crippen molar-refractivity contribution in [3.8, 4) is 5.75 Å². The first kappa shape index (κ1) is 21.7. The Kier molecular flexibility index (Phi) is 6.43. The highest BCUT2D eigenvalue weighted by Gasteiger charge is 2.54. The summed E-state index contributed by atoms with van der Waals surface area (Å²) in [6.45, 7) is 4.15. The third-order valence-corrected chi connectivity index (χ3v) is 8.55. The number of hydrogen-bond acceptors (Lipinski definition) is 4. The fourth-order valence-electron chi connectivity index (χ4n) is 6.82. The minimum atomic E-state index is -0.0883. The molecule has 0 radical (unpaired) electrons. The van der Waals surface area contributed by atoms with Crippen molar-refractivity contribution in [3.05, 3.63) is 29.3 Å². The number of rotatable bonds is 2. The minimum Gasteiger partial charge on any atom is -0.508 e. The summed E-state index contributed by atoms with van der Waals surface area (Å²) in [6.07, 6.45) is 12.1. The van der Waals surface area contributed by atoms with Gasteiger partial charge in [-0.2, -0.15) is 0 Å². The van der Waals surface area contributed by atoms with E-state index in [4.69, 9.17) is 4.74 Å². The maximum Gasteiger partial charge on any atom is 0.305 e. The molecule has 0 aliphatic heterocycles. The molecule has 166 valence electrons. The average molecular weight is 415 g/mol. The van der Waals surface area contributed by atoms with Crippen LogP contribution in [0.5, 0.6) is 5.75 Å². The highest BCUT2D eigenvalue weighted by molar-refractivity contribution is 5.69. The van der Waals surface area contributed by atoms with Crippen LogP contribution in [0.2, 0.25) is 0 Å². The zero-order valence-electron chi connectivity index (χ0n) is 18.6. The zero-order chi connectivity index (χ0) is 21.3. The van der Waals surface area contributed by atoms with Crippen molar-refractivity contribution in [2.45, 2.75) is 103 Å². The number of aryl methyl sites for hydroxylation is 1. The van der Waals surface area contributed by atoms with Crippen LogP contribution in [0, 0.1) is 17.3 Å². The molecule has 0 unspecified atom stereocenters. The Morgan fingerprint density at radius 2 is 1.90 bits per heavy atom. The third-order valence-electron chi connectivity index (χ3n) is 8.55. The maximum absolute atomic E-state index is 10.7. The second-order valence-electron chi connectivity index (χ2n) is 10.2. The molecule has 30 heavy (non-hydrogen) atoms. The molecule has 1 aromatic carbocycles. The molecule has 4 aliphatic carbocycles. The van der Waals surface area contributed by atoms with Crippen LogP contribution in [0.15, 0.2) is 18.2 Å². The van der Waals surface area contributed by atoms with E-state index in [0.717, 1.165) is 38.0 Å². The van der Waals surface area contributed by atoms with Gasteiger partial charge in [-0.1, -0.05) is 19.9 Å². The highest BCUT2D eigenvalue weighted by Crippen LogP contribution is 2.60. The van der Waals surface area contributed by atoms with E-state index >= 15 is 0 Å². The molecule has 0 bridgehead atoms. The number of benzene rings is 1. The van der Waals surface area contributed by atoms with E-state index in [1.807, 2.05) is 19.1 Å².